The molecular formula is C19H25F3N4OS. The Morgan fingerprint density at radius 2 is 2.14 bits per heavy atom. The van der Waals surface area contributed by atoms with Gasteiger partial charge in [0.05, 0.1) is 6.54 Å². The van der Waals surface area contributed by atoms with E-state index in [-0.39, 0.29) is 5.92 Å². The SMILES string of the molecule is CN=C(NCC1CCN(CC(F)(F)F)C1)NCC(O)c1cc2ccccc2s1. The number of nitrogens with zero attached hydrogens (tertiary/aromatic N) is 2. The molecule has 2 unspecified atom stereocenters. The molecule has 0 amide bonds. The van der Waals surface area contributed by atoms with Crippen LogP contribution in [0, 0.1) is 5.92 Å². The van der Waals surface area contributed by atoms with Crippen molar-refractivity contribution in [2.75, 3.05) is 39.8 Å². The summed E-state index contributed by atoms with van der Waals surface area (Å²) < 4.78 is 38.6. The molecule has 9 heteroatoms. The second-order valence-electron chi connectivity index (χ2n) is 7.04. The lowest BCUT2D eigenvalue weighted by Crippen LogP contribution is -2.42. The van der Waals surface area contributed by atoms with Gasteiger partial charge >= 0.3 is 6.18 Å². The zero-order chi connectivity index (χ0) is 20.1. The summed E-state index contributed by atoms with van der Waals surface area (Å²) in [7, 11) is 1.63. The minimum Gasteiger partial charge on any atom is -0.386 e. The maximum absolute atomic E-state index is 12.5. The maximum atomic E-state index is 12.5. The van der Waals surface area contributed by atoms with Crippen molar-refractivity contribution in [2.24, 2.45) is 10.9 Å². The van der Waals surface area contributed by atoms with Crippen LogP contribution in [0.1, 0.15) is 17.4 Å². The molecule has 0 saturated carbocycles. The van der Waals surface area contributed by atoms with Gasteiger partial charge in [0.1, 0.15) is 6.10 Å². The largest absolute Gasteiger partial charge is 0.401 e. The van der Waals surface area contributed by atoms with Crippen LogP contribution in [0.4, 0.5) is 13.2 Å². The van der Waals surface area contributed by atoms with Gasteiger partial charge in [0, 0.05) is 36.3 Å². The van der Waals surface area contributed by atoms with Crippen LogP contribution in [0.2, 0.25) is 0 Å². The Labute approximate surface area is 166 Å². The highest BCUT2D eigenvalue weighted by molar-refractivity contribution is 7.19. The molecule has 0 spiro atoms. The van der Waals surface area contributed by atoms with E-state index in [9.17, 15) is 18.3 Å². The van der Waals surface area contributed by atoms with E-state index in [2.05, 4.69) is 15.6 Å². The van der Waals surface area contributed by atoms with Gasteiger partial charge in [0.2, 0.25) is 0 Å². The first-order valence-corrected chi connectivity index (χ1v) is 10.1. The van der Waals surface area contributed by atoms with Gasteiger partial charge in [-0.1, -0.05) is 18.2 Å². The van der Waals surface area contributed by atoms with Crippen LogP contribution in [-0.2, 0) is 0 Å². The van der Waals surface area contributed by atoms with Crippen LogP contribution in [0.3, 0.4) is 0 Å². The predicted molar refractivity (Wildman–Crippen MR) is 107 cm³/mol. The average molecular weight is 414 g/mol. The monoisotopic (exact) mass is 414 g/mol. The van der Waals surface area contributed by atoms with Gasteiger partial charge in [-0.2, -0.15) is 13.2 Å². The number of likely N-dealkylation sites (tertiary alicyclic amines) is 1. The summed E-state index contributed by atoms with van der Waals surface area (Å²) in [5, 5.41) is 17.8. The van der Waals surface area contributed by atoms with E-state index in [0.717, 1.165) is 21.4 Å². The first-order chi connectivity index (χ1) is 13.3. The standard InChI is InChI=1S/C19H25F3N4OS/c1-23-18(24-9-13-6-7-26(11-13)12-19(20,21)22)25-10-15(27)17-8-14-4-2-3-5-16(14)28-17/h2-5,8,13,15,27H,6-7,9-12H2,1H3,(H2,23,24,25). The lowest BCUT2D eigenvalue weighted by Gasteiger charge is -2.19. The molecule has 5 nitrogen and oxygen atoms in total. The Morgan fingerprint density at radius 3 is 2.86 bits per heavy atom. The summed E-state index contributed by atoms with van der Waals surface area (Å²) in [5.41, 5.74) is 0. The minimum absolute atomic E-state index is 0.147. The molecule has 1 aliphatic rings. The van der Waals surface area contributed by atoms with E-state index in [0.29, 0.717) is 32.1 Å². The number of alkyl halides is 3. The van der Waals surface area contributed by atoms with Gasteiger partial charge < -0.3 is 15.7 Å². The van der Waals surface area contributed by atoms with Gasteiger partial charge in [-0.25, -0.2) is 0 Å². The molecule has 0 radical (unpaired) electrons. The van der Waals surface area contributed by atoms with E-state index in [1.54, 1.807) is 18.4 Å². The number of thiophene rings is 1. The zero-order valence-corrected chi connectivity index (χ0v) is 16.5. The fourth-order valence-electron chi connectivity index (χ4n) is 3.40. The minimum atomic E-state index is -4.15. The molecule has 0 aliphatic carbocycles. The number of aliphatic hydroxyl groups is 1. The number of rotatable bonds is 6. The third-order valence-electron chi connectivity index (χ3n) is 4.79. The molecule has 1 saturated heterocycles. The number of aliphatic imine (C=N–C) groups is 1. The van der Waals surface area contributed by atoms with E-state index < -0.39 is 18.8 Å². The van der Waals surface area contributed by atoms with Crippen molar-refractivity contribution in [3.8, 4) is 0 Å². The highest BCUT2D eigenvalue weighted by Crippen LogP contribution is 2.29. The quantitative estimate of drug-likeness (QED) is 0.503. The van der Waals surface area contributed by atoms with Gasteiger partial charge in [-0.05, 0) is 36.4 Å². The van der Waals surface area contributed by atoms with Gasteiger partial charge in [0.25, 0.3) is 0 Å². The van der Waals surface area contributed by atoms with Crippen molar-refractivity contribution < 1.29 is 18.3 Å². The molecule has 3 rings (SSSR count). The number of nitrogens with one attached hydrogen (secondary N) is 2. The summed E-state index contributed by atoms with van der Waals surface area (Å²) in [6, 6.07) is 9.95. The van der Waals surface area contributed by atoms with Crippen molar-refractivity contribution >= 4 is 27.4 Å². The summed E-state index contributed by atoms with van der Waals surface area (Å²) in [5.74, 6) is 0.683. The smallest absolute Gasteiger partial charge is 0.386 e. The Hall–Kier alpha value is -1.84. The molecular weight excluding hydrogens is 389 g/mol. The number of halogens is 3. The first-order valence-electron chi connectivity index (χ1n) is 9.24. The number of aliphatic hydroxyl groups excluding tert-OH is 1. The molecule has 1 aromatic carbocycles. The average Bonchev–Trinajstić information content (AvgIpc) is 3.26. The van der Waals surface area contributed by atoms with Gasteiger partial charge in [-0.3, -0.25) is 9.89 Å². The van der Waals surface area contributed by atoms with Crippen molar-refractivity contribution in [3.63, 3.8) is 0 Å². The lowest BCUT2D eigenvalue weighted by atomic mass is 10.1. The van der Waals surface area contributed by atoms with Gasteiger partial charge in [0.15, 0.2) is 5.96 Å². The fraction of sp³-hybridized carbons (Fsp3) is 0.526. The topological polar surface area (TPSA) is 59.9 Å². The van der Waals surface area contributed by atoms with Crippen LogP contribution in [0.25, 0.3) is 10.1 Å². The molecule has 3 N–H and O–H groups in total. The highest BCUT2D eigenvalue weighted by Gasteiger charge is 2.34. The summed E-state index contributed by atoms with van der Waals surface area (Å²) in [6.07, 6.45) is -4.09. The summed E-state index contributed by atoms with van der Waals surface area (Å²) in [6.45, 7) is 0.888. The molecule has 1 aromatic heterocycles. The van der Waals surface area contributed by atoms with Crippen molar-refractivity contribution in [2.45, 2.75) is 18.7 Å². The zero-order valence-electron chi connectivity index (χ0n) is 15.7. The van der Waals surface area contributed by atoms with E-state index in [1.165, 1.54) is 4.90 Å². The molecule has 154 valence electrons. The normalized spacial score (nSPS) is 19.9. The number of fused-ring (bicyclic) bond motifs is 1. The second kappa shape index (κ2) is 9.11. The number of hydrogen-bond acceptors (Lipinski definition) is 4. The number of guanidine groups is 1. The Bertz CT molecular complexity index is 775. The molecule has 2 atom stereocenters. The van der Waals surface area contributed by atoms with E-state index in [1.807, 2.05) is 30.3 Å². The third-order valence-corrected chi connectivity index (χ3v) is 6.01. The Kier molecular flexibility index (Phi) is 6.79. The fourth-order valence-corrected chi connectivity index (χ4v) is 4.45. The lowest BCUT2D eigenvalue weighted by molar-refractivity contribution is -0.143. The summed E-state index contributed by atoms with van der Waals surface area (Å²) >= 11 is 1.56. The van der Waals surface area contributed by atoms with Crippen molar-refractivity contribution in [1.82, 2.24) is 15.5 Å². The van der Waals surface area contributed by atoms with Gasteiger partial charge in [-0.15, -0.1) is 11.3 Å². The number of hydrogen-bond donors (Lipinski definition) is 3. The molecule has 2 heterocycles. The van der Waals surface area contributed by atoms with Crippen LogP contribution in [0.5, 0.6) is 0 Å². The van der Waals surface area contributed by atoms with Crippen LogP contribution >= 0.6 is 11.3 Å². The molecule has 0 bridgehead atoms. The van der Waals surface area contributed by atoms with Crippen LogP contribution in [-0.4, -0.2) is 61.9 Å². The van der Waals surface area contributed by atoms with E-state index >= 15 is 0 Å². The highest BCUT2D eigenvalue weighted by atomic mass is 32.1. The van der Waals surface area contributed by atoms with Crippen molar-refractivity contribution in [3.05, 3.63) is 35.2 Å². The van der Waals surface area contributed by atoms with Crippen LogP contribution in [0.15, 0.2) is 35.3 Å². The second-order valence-corrected chi connectivity index (χ2v) is 8.16. The third kappa shape index (κ3) is 5.83. The number of benzene rings is 1. The Balaban J connectivity index is 1.43. The maximum Gasteiger partial charge on any atom is 0.401 e. The van der Waals surface area contributed by atoms with E-state index in [4.69, 9.17) is 0 Å². The summed E-state index contributed by atoms with van der Waals surface area (Å²) in [4.78, 5) is 6.44. The molecule has 1 fully saturated rings. The predicted octanol–water partition coefficient (Wildman–Crippen LogP) is 2.98. The molecule has 2 aromatic rings. The molecule has 1 aliphatic heterocycles. The van der Waals surface area contributed by atoms with Crippen molar-refractivity contribution in [1.29, 1.82) is 0 Å². The first kappa shape index (κ1) is 20.9. The Morgan fingerprint density at radius 1 is 1.36 bits per heavy atom. The molecule has 28 heavy (non-hydrogen) atoms. The van der Waals surface area contributed by atoms with Crippen LogP contribution < -0.4 is 10.6 Å².